The Morgan fingerprint density at radius 3 is 2.37 bits per heavy atom. The van der Waals surface area contributed by atoms with Crippen LogP contribution in [0.4, 0.5) is 5.69 Å². The minimum Gasteiger partial charge on any atom is -0.339 e. The molecular formula is C25H28N2O3. The summed E-state index contributed by atoms with van der Waals surface area (Å²) in [6.07, 6.45) is 6.89. The van der Waals surface area contributed by atoms with Crippen LogP contribution < -0.4 is 5.32 Å². The molecule has 2 amide bonds. The first-order valence-electron chi connectivity index (χ1n) is 10.9. The summed E-state index contributed by atoms with van der Waals surface area (Å²) in [5, 5.41) is 2.82. The van der Waals surface area contributed by atoms with Crippen LogP contribution in [0.2, 0.25) is 0 Å². The van der Waals surface area contributed by atoms with Crippen molar-refractivity contribution in [3.63, 3.8) is 0 Å². The van der Waals surface area contributed by atoms with E-state index >= 15 is 0 Å². The molecule has 0 saturated carbocycles. The van der Waals surface area contributed by atoms with Crippen LogP contribution in [0, 0.1) is 0 Å². The number of ketones is 1. The van der Waals surface area contributed by atoms with E-state index in [4.69, 9.17) is 0 Å². The fraction of sp³-hybridized carbons (Fsp3) is 0.400. The summed E-state index contributed by atoms with van der Waals surface area (Å²) in [5.74, 6) is -0.213. The molecule has 0 unspecified atom stereocenters. The monoisotopic (exact) mass is 404 g/mol. The van der Waals surface area contributed by atoms with Gasteiger partial charge in [0.1, 0.15) is 0 Å². The first-order valence-corrected chi connectivity index (χ1v) is 10.9. The molecular weight excluding hydrogens is 376 g/mol. The Morgan fingerprint density at radius 1 is 0.800 bits per heavy atom. The average molecular weight is 405 g/mol. The van der Waals surface area contributed by atoms with Crippen LogP contribution in [-0.2, 0) is 17.6 Å². The van der Waals surface area contributed by atoms with Gasteiger partial charge in [0.05, 0.1) is 0 Å². The second-order valence-corrected chi connectivity index (χ2v) is 8.24. The van der Waals surface area contributed by atoms with Crippen molar-refractivity contribution in [2.45, 2.75) is 51.4 Å². The lowest BCUT2D eigenvalue weighted by Gasteiger charge is -2.16. The highest BCUT2D eigenvalue weighted by molar-refractivity contribution is 6.01. The molecule has 0 bridgehead atoms. The van der Waals surface area contributed by atoms with Crippen molar-refractivity contribution in [1.82, 2.24) is 4.90 Å². The van der Waals surface area contributed by atoms with E-state index in [9.17, 15) is 14.4 Å². The Bertz CT molecular complexity index is 961. The standard InChI is InChI=1S/C25H28N2O3/c28-23(20-11-10-18-6-1-2-7-19(18)16-20)12-13-24(29)26-22-9-5-8-21(17-22)25(30)27-14-3-4-15-27/h5,8-11,16-17H,1-4,6-7,12-15H2,(H,26,29). The van der Waals surface area contributed by atoms with Crippen molar-refractivity contribution < 1.29 is 14.4 Å². The van der Waals surface area contributed by atoms with E-state index in [1.54, 1.807) is 24.3 Å². The number of nitrogens with zero attached hydrogens (tertiary/aromatic N) is 1. The van der Waals surface area contributed by atoms with E-state index in [-0.39, 0.29) is 30.4 Å². The SMILES string of the molecule is O=C(CCC(=O)c1ccc2c(c1)CCCC2)Nc1cccc(C(=O)N2CCCC2)c1. The third kappa shape index (κ3) is 4.78. The number of nitrogens with one attached hydrogen (secondary N) is 1. The van der Waals surface area contributed by atoms with Crippen molar-refractivity contribution in [2.75, 3.05) is 18.4 Å². The molecule has 0 spiro atoms. The number of amides is 2. The largest absolute Gasteiger partial charge is 0.339 e. The van der Waals surface area contributed by atoms with Gasteiger partial charge in [0.2, 0.25) is 5.91 Å². The number of benzene rings is 2. The van der Waals surface area contributed by atoms with Crippen molar-refractivity contribution in [3.8, 4) is 0 Å². The van der Waals surface area contributed by atoms with Gasteiger partial charge in [0, 0.05) is 42.7 Å². The summed E-state index contributed by atoms with van der Waals surface area (Å²) in [6.45, 7) is 1.58. The molecule has 0 radical (unpaired) electrons. The number of hydrogen-bond donors (Lipinski definition) is 1. The summed E-state index contributed by atoms with van der Waals surface area (Å²) in [5.41, 5.74) is 4.49. The van der Waals surface area contributed by atoms with Gasteiger partial charge in [-0.3, -0.25) is 14.4 Å². The maximum Gasteiger partial charge on any atom is 0.253 e. The van der Waals surface area contributed by atoms with Gasteiger partial charge in [0.25, 0.3) is 5.91 Å². The lowest BCUT2D eigenvalue weighted by molar-refractivity contribution is -0.116. The Labute approximate surface area is 177 Å². The quantitative estimate of drug-likeness (QED) is 0.726. The maximum atomic E-state index is 12.5. The molecule has 0 atom stereocenters. The predicted molar refractivity (Wildman–Crippen MR) is 117 cm³/mol. The first-order chi connectivity index (χ1) is 14.6. The summed E-state index contributed by atoms with van der Waals surface area (Å²) in [4.78, 5) is 39.3. The number of anilines is 1. The molecule has 2 aromatic rings. The summed E-state index contributed by atoms with van der Waals surface area (Å²) in [7, 11) is 0. The van der Waals surface area contributed by atoms with Crippen LogP contribution in [0.3, 0.4) is 0 Å². The molecule has 5 nitrogen and oxygen atoms in total. The summed E-state index contributed by atoms with van der Waals surface area (Å²) >= 11 is 0. The van der Waals surface area contributed by atoms with E-state index in [1.165, 1.54) is 24.0 Å². The van der Waals surface area contributed by atoms with Crippen molar-refractivity contribution in [2.24, 2.45) is 0 Å². The minimum atomic E-state index is -0.216. The van der Waals surface area contributed by atoms with Crippen LogP contribution in [0.25, 0.3) is 0 Å². The second kappa shape index (κ2) is 9.24. The number of carbonyl (C=O) groups is 3. The molecule has 1 aliphatic heterocycles. The van der Waals surface area contributed by atoms with E-state index in [2.05, 4.69) is 11.4 Å². The second-order valence-electron chi connectivity index (χ2n) is 8.24. The van der Waals surface area contributed by atoms with Crippen LogP contribution in [-0.4, -0.2) is 35.6 Å². The van der Waals surface area contributed by atoms with Gasteiger partial charge in [-0.05, 0) is 73.9 Å². The zero-order chi connectivity index (χ0) is 20.9. The smallest absolute Gasteiger partial charge is 0.253 e. The number of Topliss-reactive ketones (excluding diaryl/α,β-unsaturated/α-hetero) is 1. The average Bonchev–Trinajstić information content (AvgIpc) is 3.32. The molecule has 4 rings (SSSR count). The predicted octanol–water partition coefficient (Wildman–Crippen LogP) is 4.40. The van der Waals surface area contributed by atoms with Crippen molar-refractivity contribution in [1.29, 1.82) is 0 Å². The fourth-order valence-corrected chi connectivity index (χ4v) is 4.33. The molecule has 1 fully saturated rings. The third-order valence-electron chi connectivity index (χ3n) is 6.04. The number of likely N-dealkylation sites (tertiary alicyclic amines) is 1. The van der Waals surface area contributed by atoms with E-state index < -0.39 is 0 Å². The summed E-state index contributed by atoms with van der Waals surface area (Å²) in [6, 6.07) is 13.0. The van der Waals surface area contributed by atoms with Crippen LogP contribution in [0.15, 0.2) is 42.5 Å². The van der Waals surface area contributed by atoms with Gasteiger partial charge in [-0.1, -0.05) is 18.2 Å². The molecule has 2 aromatic carbocycles. The fourth-order valence-electron chi connectivity index (χ4n) is 4.33. The molecule has 0 aromatic heterocycles. The molecule has 1 aliphatic carbocycles. The number of hydrogen-bond acceptors (Lipinski definition) is 3. The van der Waals surface area contributed by atoms with Crippen LogP contribution in [0.5, 0.6) is 0 Å². The van der Waals surface area contributed by atoms with Crippen LogP contribution >= 0.6 is 0 Å². The van der Waals surface area contributed by atoms with Gasteiger partial charge in [-0.15, -0.1) is 0 Å². The zero-order valence-electron chi connectivity index (χ0n) is 17.3. The third-order valence-corrected chi connectivity index (χ3v) is 6.04. The Hall–Kier alpha value is -2.95. The van der Waals surface area contributed by atoms with E-state index in [0.717, 1.165) is 38.8 Å². The number of rotatable bonds is 6. The zero-order valence-corrected chi connectivity index (χ0v) is 17.3. The lowest BCUT2D eigenvalue weighted by Crippen LogP contribution is -2.27. The maximum absolute atomic E-state index is 12.5. The number of carbonyl (C=O) groups excluding carboxylic acids is 3. The van der Waals surface area contributed by atoms with Gasteiger partial charge < -0.3 is 10.2 Å². The molecule has 1 heterocycles. The molecule has 156 valence electrons. The highest BCUT2D eigenvalue weighted by atomic mass is 16.2. The Balaban J connectivity index is 1.32. The highest BCUT2D eigenvalue weighted by Gasteiger charge is 2.20. The molecule has 30 heavy (non-hydrogen) atoms. The Morgan fingerprint density at radius 2 is 1.57 bits per heavy atom. The molecule has 1 N–H and O–H groups in total. The van der Waals surface area contributed by atoms with E-state index in [1.807, 2.05) is 17.0 Å². The van der Waals surface area contributed by atoms with Gasteiger partial charge in [-0.25, -0.2) is 0 Å². The lowest BCUT2D eigenvalue weighted by atomic mass is 9.89. The Kier molecular flexibility index (Phi) is 6.26. The van der Waals surface area contributed by atoms with E-state index in [0.29, 0.717) is 16.8 Å². The van der Waals surface area contributed by atoms with Crippen LogP contribution in [0.1, 0.15) is 70.4 Å². The highest BCUT2D eigenvalue weighted by Crippen LogP contribution is 2.23. The van der Waals surface area contributed by atoms with Gasteiger partial charge in [0.15, 0.2) is 5.78 Å². The summed E-state index contributed by atoms with van der Waals surface area (Å²) < 4.78 is 0. The number of aryl methyl sites for hydroxylation is 2. The molecule has 2 aliphatic rings. The molecule has 1 saturated heterocycles. The van der Waals surface area contributed by atoms with Gasteiger partial charge in [-0.2, -0.15) is 0 Å². The number of fused-ring (bicyclic) bond motifs is 1. The minimum absolute atomic E-state index is 0.00325. The topological polar surface area (TPSA) is 66.5 Å². The van der Waals surface area contributed by atoms with Crippen molar-refractivity contribution >= 4 is 23.3 Å². The van der Waals surface area contributed by atoms with Crippen molar-refractivity contribution in [3.05, 3.63) is 64.7 Å². The first kappa shape index (κ1) is 20.3. The van der Waals surface area contributed by atoms with Gasteiger partial charge >= 0.3 is 0 Å². The molecule has 5 heteroatoms. The normalized spacial score (nSPS) is 15.5.